The summed E-state index contributed by atoms with van der Waals surface area (Å²) in [4.78, 5) is 22.4. The molecule has 0 aromatic carbocycles. The Kier molecular flexibility index (Phi) is 23.8. The number of ether oxygens (including phenoxy) is 1. The molecule has 0 spiro atoms. The van der Waals surface area contributed by atoms with Crippen molar-refractivity contribution < 1.29 is 22.3 Å². The van der Waals surface area contributed by atoms with Gasteiger partial charge in [-0.2, -0.15) is 0 Å². The molecule has 0 saturated heterocycles. The van der Waals surface area contributed by atoms with E-state index < -0.39 is 18.0 Å². The van der Waals surface area contributed by atoms with Crippen LogP contribution in [0.25, 0.3) is 0 Å². The Hall–Kier alpha value is 0.360. The molecule has 26 heavy (non-hydrogen) atoms. The third-order valence-corrected chi connectivity index (χ3v) is 4.54. The molecule has 1 unspecified atom stereocenters. The van der Waals surface area contributed by atoms with E-state index in [0.717, 1.165) is 19.3 Å². The maximum atomic E-state index is 11.3. The van der Waals surface area contributed by atoms with Gasteiger partial charge in [-0.1, -0.05) is 96.8 Å². The van der Waals surface area contributed by atoms with Gasteiger partial charge in [-0.05, 0) is 13.3 Å². The molecule has 0 fully saturated rings. The number of hydrogen-bond donors (Lipinski definition) is 1. The molecular formula is C21H42CaO4. The molecular weight excluding hydrogens is 356 g/mol. The average molecular weight is 399 g/mol. The van der Waals surface area contributed by atoms with Crippen molar-refractivity contribution >= 4 is 49.7 Å². The van der Waals surface area contributed by atoms with Gasteiger partial charge in [-0.3, -0.25) is 4.79 Å². The van der Waals surface area contributed by atoms with Crippen molar-refractivity contribution in [2.24, 2.45) is 0 Å². The molecule has 1 atom stereocenters. The van der Waals surface area contributed by atoms with Gasteiger partial charge in [-0.15, -0.1) is 0 Å². The number of unbranched alkanes of at least 4 members (excludes halogenated alkanes) is 14. The molecule has 4 nitrogen and oxygen atoms in total. The fourth-order valence-corrected chi connectivity index (χ4v) is 2.89. The molecule has 5 heteroatoms. The van der Waals surface area contributed by atoms with Gasteiger partial charge in [0.05, 0.1) is 0 Å². The van der Waals surface area contributed by atoms with E-state index >= 15 is 0 Å². The first-order valence-electron chi connectivity index (χ1n) is 10.5. The second-order valence-corrected chi connectivity index (χ2v) is 7.17. The minimum absolute atomic E-state index is 0. The Bertz CT molecular complexity index is 342. The first-order chi connectivity index (χ1) is 12.1. The summed E-state index contributed by atoms with van der Waals surface area (Å²) in [5.41, 5.74) is 0. The van der Waals surface area contributed by atoms with Crippen molar-refractivity contribution in [2.75, 3.05) is 0 Å². The normalized spacial score (nSPS) is 11.7. The molecule has 0 aromatic heterocycles. The Balaban J connectivity index is -0.000000960. The number of aliphatic hydroxyl groups is 1. The summed E-state index contributed by atoms with van der Waals surface area (Å²) in [5.74, 6) is -1.38. The first kappa shape index (κ1) is 28.6. The zero-order valence-corrected chi connectivity index (χ0v) is 19.5. The van der Waals surface area contributed by atoms with Crippen LogP contribution in [0.2, 0.25) is 0 Å². The first-order valence-corrected chi connectivity index (χ1v) is 10.5. The molecule has 0 aromatic rings. The smallest absolute Gasteiger partial charge is 1.00 e. The molecule has 0 aliphatic rings. The van der Waals surface area contributed by atoms with Crippen LogP contribution >= 0.6 is 0 Å². The number of rotatable bonds is 17. The Morgan fingerprint density at radius 2 is 1.12 bits per heavy atom. The van der Waals surface area contributed by atoms with Gasteiger partial charge >= 0.3 is 49.7 Å². The number of aliphatic hydroxyl groups excluding tert-OH is 1. The minimum Gasteiger partial charge on any atom is -1.00 e. The van der Waals surface area contributed by atoms with E-state index in [4.69, 9.17) is 5.11 Å². The van der Waals surface area contributed by atoms with Crippen LogP contribution < -0.4 is 0 Å². The predicted octanol–water partition coefficient (Wildman–Crippen LogP) is 5.54. The summed E-state index contributed by atoms with van der Waals surface area (Å²) in [7, 11) is 0. The summed E-state index contributed by atoms with van der Waals surface area (Å²) in [6.07, 6.45) is 18.2. The van der Waals surface area contributed by atoms with Crippen LogP contribution in [0.3, 0.4) is 0 Å². The zero-order valence-electron chi connectivity index (χ0n) is 19.3. The van der Waals surface area contributed by atoms with E-state index in [0.29, 0.717) is 0 Å². The summed E-state index contributed by atoms with van der Waals surface area (Å²) >= 11 is 0. The maximum Gasteiger partial charge on any atom is 2.00 e. The van der Waals surface area contributed by atoms with Crippen LogP contribution in [-0.2, 0) is 14.3 Å². The fourth-order valence-electron chi connectivity index (χ4n) is 2.89. The van der Waals surface area contributed by atoms with Crippen molar-refractivity contribution in [3.63, 3.8) is 0 Å². The average Bonchev–Trinajstić information content (AvgIpc) is 2.58. The standard InChI is InChI=1S/C21H40O4.Ca.2H/c1-3-4-5-6-7-8-9-10-11-12-13-14-15-16-17-18-20(23)25-21(24)19(2)22;;;/h19,22H,3-18H2,1-2H3;;;/q;+2;2*-1. The van der Waals surface area contributed by atoms with Crippen LogP contribution in [-0.4, -0.2) is 60.9 Å². The largest absolute Gasteiger partial charge is 2.00 e. The molecule has 1 N–H and O–H groups in total. The quantitative estimate of drug-likeness (QED) is 0.151. The second-order valence-electron chi connectivity index (χ2n) is 7.17. The molecule has 0 amide bonds. The Morgan fingerprint density at radius 3 is 1.46 bits per heavy atom. The van der Waals surface area contributed by atoms with Gasteiger partial charge in [0.15, 0.2) is 0 Å². The van der Waals surface area contributed by atoms with E-state index in [2.05, 4.69) is 11.7 Å². The molecule has 0 heterocycles. The molecule has 0 radical (unpaired) electrons. The van der Waals surface area contributed by atoms with Crippen molar-refractivity contribution in [1.82, 2.24) is 0 Å². The minimum atomic E-state index is -1.23. The van der Waals surface area contributed by atoms with Crippen LogP contribution in [0.5, 0.6) is 0 Å². The van der Waals surface area contributed by atoms with Gasteiger partial charge < -0.3 is 12.7 Å². The number of carbonyl (C=O) groups is 2. The zero-order chi connectivity index (χ0) is 18.8. The molecule has 0 rings (SSSR count). The van der Waals surface area contributed by atoms with Crippen molar-refractivity contribution in [3.05, 3.63) is 0 Å². The molecule has 0 aliphatic carbocycles. The Labute approximate surface area is 193 Å². The third-order valence-electron chi connectivity index (χ3n) is 4.54. The van der Waals surface area contributed by atoms with Crippen molar-refractivity contribution in [2.45, 2.75) is 123 Å². The van der Waals surface area contributed by atoms with E-state index in [-0.39, 0.29) is 47.0 Å². The summed E-state index contributed by atoms with van der Waals surface area (Å²) in [6.45, 7) is 3.55. The van der Waals surface area contributed by atoms with Crippen LogP contribution in [0.15, 0.2) is 0 Å². The summed E-state index contributed by atoms with van der Waals surface area (Å²) in [6, 6.07) is 0. The van der Waals surface area contributed by atoms with E-state index in [1.807, 2.05) is 0 Å². The monoisotopic (exact) mass is 398 g/mol. The molecule has 0 bridgehead atoms. The van der Waals surface area contributed by atoms with Crippen LogP contribution in [0.1, 0.15) is 119 Å². The van der Waals surface area contributed by atoms with Gasteiger partial charge in [-0.25, -0.2) is 4.79 Å². The number of carbonyl (C=O) groups excluding carboxylic acids is 2. The topological polar surface area (TPSA) is 63.6 Å². The third kappa shape index (κ3) is 20.7. The van der Waals surface area contributed by atoms with E-state index in [1.54, 1.807) is 0 Å². The number of hydrogen-bond acceptors (Lipinski definition) is 4. The van der Waals surface area contributed by atoms with Crippen molar-refractivity contribution in [3.8, 4) is 0 Å². The van der Waals surface area contributed by atoms with Gasteiger partial charge in [0.2, 0.25) is 0 Å². The van der Waals surface area contributed by atoms with E-state index in [9.17, 15) is 9.59 Å². The van der Waals surface area contributed by atoms with Crippen molar-refractivity contribution in [1.29, 1.82) is 0 Å². The molecule has 152 valence electrons. The van der Waals surface area contributed by atoms with Gasteiger partial charge in [0, 0.05) is 6.42 Å². The van der Waals surface area contributed by atoms with Crippen LogP contribution in [0, 0.1) is 0 Å². The van der Waals surface area contributed by atoms with Gasteiger partial charge in [0.1, 0.15) is 6.10 Å². The molecule has 0 aliphatic heterocycles. The summed E-state index contributed by atoms with van der Waals surface area (Å²) in [5, 5.41) is 8.95. The number of esters is 2. The van der Waals surface area contributed by atoms with Gasteiger partial charge in [0.25, 0.3) is 0 Å². The predicted molar refractivity (Wildman–Crippen MR) is 110 cm³/mol. The molecule has 0 saturated carbocycles. The second kappa shape index (κ2) is 21.7. The maximum absolute atomic E-state index is 11.3. The van der Waals surface area contributed by atoms with Crippen LogP contribution in [0.4, 0.5) is 0 Å². The summed E-state index contributed by atoms with van der Waals surface area (Å²) < 4.78 is 4.50. The Morgan fingerprint density at radius 1 is 0.769 bits per heavy atom. The fraction of sp³-hybridized carbons (Fsp3) is 0.905. The SMILES string of the molecule is CCCCCCCCCCCCCCCCCC(=O)OC(=O)C(C)O.[Ca+2].[H-].[H-]. The van der Waals surface area contributed by atoms with E-state index in [1.165, 1.54) is 84.0 Å².